The highest BCUT2D eigenvalue weighted by Gasteiger charge is 2.38. The minimum atomic E-state index is -2.47. The monoisotopic (exact) mass is 389 g/mol. The van der Waals surface area contributed by atoms with E-state index in [4.69, 9.17) is 0 Å². The van der Waals surface area contributed by atoms with Crippen LogP contribution < -0.4 is 5.32 Å². The van der Waals surface area contributed by atoms with E-state index in [1.54, 1.807) is 0 Å². The van der Waals surface area contributed by atoms with Crippen molar-refractivity contribution in [3.05, 3.63) is 41.7 Å². The van der Waals surface area contributed by atoms with Crippen molar-refractivity contribution in [3.8, 4) is 0 Å². The van der Waals surface area contributed by atoms with Crippen molar-refractivity contribution in [2.45, 2.75) is 51.1 Å². The van der Waals surface area contributed by atoms with Gasteiger partial charge < -0.3 is 10.2 Å². The van der Waals surface area contributed by atoms with Gasteiger partial charge in [-0.1, -0.05) is 29.8 Å². The van der Waals surface area contributed by atoms with Gasteiger partial charge in [-0.05, 0) is 37.7 Å². The third-order valence-corrected chi connectivity index (χ3v) is 5.93. The van der Waals surface area contributed by atoms with Crippen LogP contribution in [-0.2, 0) is 11.2 Å². The summed E-state index contributed by atoms with van der Waals surface area (Å²) in [6.45, 7) is 3.36. The lowest BCUT2D eigenvalue weighted by Crippen LogP contribution is -2.46. The van der Waals surface area contributed by atoms with Crippen LogP contribution in [0.3, 0.4) is 0 Å². The number of aryl methyl sites for hydroxylation is 1. The average molecular weight is 389 g/mol. The topological polar surface area (TPSA) is 63.1 Å². The number of rotatable bonds is 4. The van der Waals surface area contributed by atoms with E-state index in [-0.39, 0.29) is 17.9 Å². The van der Waals surface area contributed by atoms with Gasteiger partial charge in [-0.25, -0.2) is 13.5 Å². The summed E-state index contributed by atoms with van der Waals surface area (Å²) in [7, 11) is 0. The van der Waals surface area contributed by atoms with Crippen molar-refractivity contribution >= 4 is 11.9 Å². The summed E-state index contributed by atoms with van der Waals surface area (Å²) < 4.78 is 28.2. The number of halogens is 2. The summed E-state index contributed by atoms with van der Waals surface area (Å²) in [5.74, 6) is 0.790. The maximum atomic E-state index is 13.4. The molecule has 28 heavy (non-hydrogen) atoms. The molecule has 2 aliphatic heterocycles. The molecular weight excluding hydrogens is 364 g/mol. The zero-order valence-electron chi connectivity index (χ0n) is 15.9. The van der Waals surface area contributed by atoms with Crippen molar-refractivity contribution in [2.24, 2.45) is 5.92 Å². The molecule has 1 N–H and O–H groups in total. The van der Waals surface area contributed by atoms with Crippen LogP contribution in [0.15, 0.2) is 30.6 Å². The molecule has 3 heterocycles. The van der Waals surface area contributed by atoms with Crippen molar-refractivity contribution in [1.82, 2.24) is 19.7 Å². The van der Waals surface area contributed by atoms with E-state index in [1.807, 2.05) is 36.1 Å². The molecular formula is C20H25F2N5O. The zero-order chi connectivity index (χ0) is 19.7. The predicted octanol–water partition coefficient (Wildman–Crippen LogP) is 3.06. The fraction of sp³-hybridized carbons (Fsp3) is 0.550. The van der Waals surface area contributed by atoms with Crippen molar-refractivity contribution in [3.63, 3.8) is 0 Å². The molecule has 6 nitrogen and oxygen atoms in total. The molecule has 0 radical (unpaired) electrons. The van der Waals surface area contributed by atoms with Crippen LogP contribution >= 0.6 is 0 Å². The number of amides is 1. The van der Waals surface area contributed by atoms with Crippen LogP contribution in [0.5, 0.6) is 0 Å². The average Bonchev–Trinajstić information content (AvgIpc) is 3.17. The highest BCUT2D eigenvalue weighted by molar-refractivity contribution is 5.78. The lowest BCUT2D eigenvalue weighted by Gasteiger charge is -2.40. The van der Waals surface area contributed by atoms with E-state index in [1.165, 1.54) is 16.6 Å². The summed E-state index contributed by atoms with van der Waals surface area (Å²) >= 11 is 0. The van der Waals surface area contributed by atoms with Gasteiger partial charge in [-0.2, -0.15) is 10.1 Å². The maximum absolute atomic E-state index is 13.4. The van der Waals surface area contributed by atoms with Crippen LogP contribution in [0.25, 0.3) is 0 Å². The van der Waals surface area contributed by atoms with Crippen molar-refractivity contribution < 1.29 is 13.6 Å². The van der Waals surface area contributed by atoms with E-state index in [2.05, 4.69) is 15.4 Å². The number of nitrogens with zero attached hydrogens (tertiary/aromatic N) is 4. The molecule has 2 aromatic rings. The van der Waals surface area contributed by atoms with Crippen LogP contribution in [0.1, 0.15) is 36.4 Å². The number of likely N-dealkylation sites (tertiary alicyclic amines) is 1. The molecule has 1 saturated heterocycles. The number of hydrogen-bond acceptors (Lipinski definition) is 4. The Morgan fingerprint density at radius 2 is 1.96 bits per heavy atom. The van der Waals surface area contributed by atoms with E-state index in [0.29, 0.717) is 31.9 Å². The van der Waals surface area contributed by atoms with Crippen LogP contribution in [0.2, 0.25) is 0 Å². The second kappa shape index (κ2) is 7.85. The molecule has 1 amide bonds. The fourth-order valence-corrected chi connectivity index (χ4v) is 4.24. The van der Waals surface area contributed by atoms with E-state index in [9.17, 15) is 13.6 Å². The van der Waals surface area contributed by atoms with E-state index >= 15 is 0 Å². The number of nitrogens with one attached hydrogen (secondary N) is 1. The summed E-state index contributed by atoms with van der Waals surface area (Å²) in [5.41, 5.74) is 2.20. The SMILES string of the molecule is Cc1ccc(CC(=O)N2CCC([C@@H]3C[C@H](C(F)F)n4ncnc4N3)CC2)cc1. The Bertz CT molecular complexity index is 814. The molecule has 2 atom stereocenters. The van der Waals surface area contributed by atoms with Gasteiger partial charge in [0.25, 0.3) is 6.43 Å². The van der Waals surface area contributed by atoms with Gasteiger partial charge in [0, 0.05) is 19.1 Å². The second-order valence-corrected chi connectivity index (χ2v) is 7.80. The molecule has 0 bridgehead atoms. The number of alkyl halides is 2. The first-order chi connectivity index (χ1) is 13.5. The number of carbonyl (C=O) groups excluding carboxylic acids is 1. The molecule has 1 aromatic heterocycles. The number of anilines is 1. The maximum Gasteiger partial charge on any atom is 0.260 e. The quantitative estimate of drug-likeness (QED) is 0.873. The van der Waals surface area contributed by atoms with Crippen LogP contribution in [-0.4, -0.2) is 51.1 Å². The summed E-state index contributed by atoms with van der Waals surface area (Å²) in [6, 6.07) is 7.01. The van der Waals surface area contributed by atoms with Gasteiger partial charge in [0.05, 0.1) is 6.42 Å². The van der Waals surface area contributed by atoms with E-state index in [0.717, 1.165) is 18.4 Å². The highest BCUT2D eigenvalue weighted by atomic mass is 19.3. The van der Waals surface area contributed by atoms with E-state index < -0.39 is 12.5 Å². The molecule has 8 heteroatoms. The minimum Gasteiger partial charge on any atom is -0.351 e. The summed E-state index contributed by atoms with van der Waals surface area (Å²) in [4.78, 5) is 18.6. The van der Waals surface area contributed by atoms with Gasteiger partial charge in [0.2, 0.25) is 11.9 Å². The first kappa shape index (κ1) is 18.8. The summed E-state index contributed by atoms with van der Waals surface area (Å²) in [6.07, 6.45) is 1.19. The van der Waals surface area contributed by atoms with Crippen molar-refractivity contribution in [2.75, 3.05) is 18.4 Å². The normalized spacial score (nSPS) is 22.8. The molecule has 0 aliphatic carbocycles. The lowest BCUT2D eigenvalue weighted by atomic mass is 9.85. The van der Waals surface area contributed by atoms with Crippen LogP contribution in [0, 0.1) is 12.8 Å². The summed E-state index contributed by atoms with van der Waals surface area (Å²) in [5, 5.41) is 7.20. The fourth-order valence-electron chi connectivity index (χ4n) is 4.24. The Morgan fingerprint density at radius 3 is 2.64 bits per heavy atom. The predicted molar refractivity (Wildman–Crippen MR) is 101 cm³/mol. The number of fused-ring (bicyclic) bond motifs is 1. The molecule has 0 unspecified atom stereocenters. The Morgan fingerprint density at radius 1 is 1.25 bits per heavy atom. The lowest BCUT2D eigenvalue weighted by molar-refractivity contribution is -0.131. The highest BCUT2D eigenvalue weighted by Crippen LogP contribution is 2.35. The van der Waals surface area contributed by atoms with Crippen LogP contribution in [0.4, 0.5) is 14.7 Å². The molecule has 150 valence electrons. The first-order valence-electron chi connectivity index (χ1n) is 9.79. The third-order valence-electron chi connectivity index (χ3n) is 5.93. The zero-order valence-corrected chi connectivity index (χ0v) is 15.9. The standard InChI is InChI=1S/C20H25F2N5O/c1-13-2-4-14(5-3-13)10-18(28)26-8-6-15(7-9-26)16-11-17(19(21)22)27-20(25-16)23-12-24-27/h2-5,12,15-17,19H,6-11H2,1H3,(H,23,24,25)/t16-,17+/m0/s1. The van der Waals surface area contributed by atoms with Gasteiger partial charge in [0.1, 0.15) is 12.4 Å². The smallest absolute Gasteiger partial charge is 0.260 e. The molecule has 0 spiro atoms. The Balaban J connectivity index is 1.34. The number of benzene rings is 1. The molecule has 1 aromatic carbocycles. The van der Waals surface area contributed by atoms with Gasteiger partial charge in [0.15, 0.2) is 0 Å². The Labute approximate surface area is 162 Å². The van der Waals surface area contributed by atoms with Gasteiger partial charge in [-0.15, -0.1) is 0 Å². The minimum absolute atomic E-state index is 0.0648. The molecule has 4 rings (SSSR count). The Kier molecular flexibility index (Phi) is 5.28. The van der Waals surface area contributed by atoms with Gasteiger partial charge >= 0.3 is 0 Å². The van der Waals surface area contributed by atoms with Gasteiger partial charge in [-0.3, -0.25) is 4.79 Å². The second-order valence-electron chi connectivity index (χ2n) is 7.80. The number of aromatic nitrogens is 3. The van der Waals surface area contributed by atoms with Crippen molar-refractivity contribution in [1.29, 1.82) is 0 Å². The third kappa shape index (κ3) is 3.86. The molecule has 2 aliphatic rings. The molecule has 0 saturated carbocycles. The Hall–Kier alpha value is -2.51. The number of hydrogen-bond donors (Lipinski definition) is 1. The molecule has 1 fully saturated rings. The number of piperidine rings is 1. The first-order valence-corrected chi connectivity index (χ1v) is 9.79. The number of carbonyl (C=O) groups is 1. The largest absolute Gasteiger partial charge is 0.351 e.